The minimum atomic E-state index is -0.596. The molecule has 1 saturated carbocycles. The normalized spacial score (nSPS) is 19.6. The van der Waals surface area contributed by atoms with E-state index in [1.165, 1.54) is 0 Å². The van der Waals surface area contributed by atoms with Crippen molar-refractivity contribution < 1.29 is 5.11 Å². The number of halogens is 1. The lowest BCUT2D eigenvalue weighted by atomic mass is 9.74. The lowest BCUT2D eigenvalue weighted by molar-refractivity contribution is -0.0396. The number of rotatable bonds is 1. The van der Waals surface area contributed by atoms with Crippen LogP contribution in [0.3, 0.4) is 0 Å². The summed E-state index contributed by atoms with van der Waals surface area (Å²) in [6, 6.07) is 0. The molecule has 1 heterocycles. The van der Waals surface area contributed by atoms with Crippen LogP contribution in [0.5, 0.6) is 0 Å². The van der Waals surface area contributed by atoms with Crippen molar-refractivity contribution >= 4 is 15.9 Å². The van der Waals surface area contributed by atoms with E-state index in [4.69, 9.17) is 0 Å². The third-order valence-electron chi connectivity index (χ3n) is 2.84. The van der Waals surface area contributed by atoms with Crippen molar-refractivity contribution in [1.82, 2.24) is 4.98 Å². The van der Waals surface area contributed by atoms with Gasteiger partial charge in [-0.2, -0.15) is 0 Å². The van der Waals surface area contributed by atoms with Crippen LogP contribution < -0.4 is 0 Å². The summed E-state index contributed by atoms with van der Waals surface area (Å²) in [5.74, 6) is 0. The summed E-state index contributed by atoms with van der Waals surface area (Å²) in [7, 11) is 0. The van der Waals surface area contributed by atoms with E-state index in [0.29, 0.717) is 0 Å². The zero-order chi connectivity index (χ0) is 9.47. The Kier molecular flexibility index (Phi) is 2.16. The number of hydrogen-bond acceptors (Lipinski definition) is 2. The van der Waals surface area contributed by atoms with Crippen molar-refractivity contribution in [3.63, 3.8) is 0 Å². The van der Waals surface area contributed by atoms with Crippen molar-refractivity contribution in [3.05, 3.63) is 28.0 Å². The van der Waals surface area contributed by atoms with E-state index >= 15 is 0 Å². The highest BCUT2D eigenvalue weighted by Crippen LogP contribution is 2.42. The van der Waals surface area contributed by atoms with Crippen molar-refractivity contribution in [3.8, 4) is 0 Å². The fraction of sp³-hybridized carbons (Fsp3) is 0.500. The highest BCUT2D eigenvalue weighted by atomic mass is 79.9. The maximum atomic E-state index is 10.1. The fourth-order valence-electron chi connectivity index (χ4n) is 1.75. The van der Waals surface area contributed by atoms with Gasteiger partial charge in [0.25, 0.3) is 0 Å². The number of aromatic nitrogens is 1. The van der Waals surface area contributed by atoms with E-state index in [1.807, 2.05) is 6.92 Å². The third kappa shape index (κ3) is 1.40. The second kappa shape index (κ2) is 3.07. The van der Waals surface area contributed by atoms with Gasteiger partial charge in [-0.15, -0.1) is 0 Å². The first-order chi connectivity index (χ1) is 6.13. The van der Waals surface area contributed by atoms with Gasteiger partial charge in [-0.05, 0) is 47.7 Å². The lowest BCUT2D eigenvalue weighted by Crippen LogP contribution is -2.34. The molecule has 1 aliphatic rings. The van der Waals surface area contributed by atoms with E-state index in [-0.39, 0.29) is 0 Å². The molecule has 13 heavy (non-hydrogen) atoms. The molecule has 0 atom stereocenters. The van der Waals surface area contributed by atoms with E-state index in [2.05, 4.69) is 20.9 Å². The zero-order valence-corrected chi connectivity index (χ0v) is 9.13. The molecule has 2 rings (SSSR count). The van der Waals surface area contributed by atoms with E-state index < -0.39 is 5.60 Å². The Morgan fingerprint density at radius 2 is 2.15 bits per heavy atom. The van der Waals surface area contributed by atoms with Crippen LogP contribution in [0.2, 0.25) is 0 Å². The number of nitrogens with zero attached hydrogens (tertiary/aromatic N) is 1. The molecule has 1 N–H and O–H groups in total. The van der Waals surface area contributed by atoms with Crippen LogP contribution in [0.15, 0.2) is 16.9 Å². The van der Waals surface area contributed by atoms with Gasteiger partial charge < -0.3 is 5.11 Å². The van der Waals surface area contributed by atoms with Gasteiger partial charge in [0.1, 0.15) is 0 Å². The highest BCUT2D eigenvalue weighted by Gasteiger charge is 2.37. The Morgan fingerprint density at radius 1 is 1.46 bits per heavy atom. The molecule has 0 amide bonds. The second-order valence-corrected chi connectivity index (χ2v) is 4.53. The standard InChI is InChI=1S/C10H12BrNO/c1-7-8(5-12-6-9(7)11)10(13)3-2-4-10/h5-6,13H,2-4H2,1H3. The summed E-state index contributed by atoms with van der Waals surface area (Å²) in [6.07, 6.45) is 6.39. The molecule has 1 aromatic rings. The predicted octanol–water partition coefficient (Wildman–Crippen LogP) is 2.52. The van der Waals surface area contributed by atoms with Gasteiger partial charge in [0, 0.05) is 22.4 Å². The molecule has 0 aliphatic heterocycles. The minimum Gasteiger partial charge on any atom is -0.385 e. The van der Waals surface area contributed by atoms with Gasteiger partial charge in [0.05, 0.1) is 5.60 Å². The van der Waals surface area contributed by atoms with Crippen LogP contribution >= 0.6 is 15.9 Å². The average molecular weight is 242 g/mol. The minimum absolute atomic E-state index is 0.596. The molecule has 0 aromatic carbocycles. The van der Waals surface area contributed by atoms with Crippen molar-refractivity contribution in [2.75, 3.05) is 0 Å². The van der Waals surface area contributed by atoms with Gasteiger partial charge in [0.2, 0.25) is 0 Å². The first-order valence-electron chi connectivity index (χ1n) is 4.46. The molecular weight excluding hydrogens is 230 g/mol. The first-order valence-corrected chi connectivity index (χ1v) is 5.26. The van der Waals surface area contributed by atoms with Crippen LogP contribution in [0, 0.1) is 6.92 Å². The van der Waals surface area contributed by atoms with Crippen LogP contribution in [-0.2, 0) is 5.60 Å². The van der Waals surface area contributed by atoms with Gasteiger partial charge in [-0.25, -0.2) is 0 Å². The van der Waals surface area contributed by atoms with Gasteiger partial charge in [0.15, 0.2) is 0 Å². The van der Waals surface area contributed by atoms with Crippen LogP contribution in [0.1, 0.15) is 30.4 Å². The van der Waals surface area contributed by atoms with E-state index in [1.54, 1.807) is 12.4 Å². The topological polar surface area (TPSA) is 33.1 Å². The summed E-state index contributed by atoms with van der Waals surface area (Å²) in [4.78, 5) is 4.09. The maximum absolute atomic E-state index is 10.1. The number of aliphatic hydroxyl groups is 1. The van der Waals surface area contributed by atoms with Gasteiger partial charge in [-0.3, -0.25) is 4.98 Å². The summed E-state index contributed by atoms with van der Waals surface area (Å²) in [5.41, 5.74) is 1.49. The van der Waals surface area contributed by atoms with Crippen LogP contribution in [-0.4, -0.2) is 10.1 Å². The van der Waals surface area contributed by atoms with Crippen LogP contribution in [0.4, 0.5) is 0 Å². The van der Waals surface area contributed by atoms with Gasteiger partial charge in [-0.1, -0.05) is 0 Å². The Labute approximate surface area is 86.1 Å². The molecule has 1 aliphatic carbocycles. The molecule has 70 valence electrons. The molecule has 0 saturated heterocycles. The van der Waals surface area contributed by atoms with Crippen molar-refractivity contribution in [2.45, 2.75) is 31.8 Å². The quantitative estimate of drug-likeness (QED) is 0.820. The SMILES string of the molecule is Cc1c(Br)cncc1C1(O)CCC1. The lowest BCUT2D eigenvalue weighted by Gasteiger charge is -2.37. The first kappa shape index (κ1) is 9.16. The Hall–Kier alpha value is -0.410. The molecule has 2 nitrogen and oxygen atoms in total. The molecule has 1 aromatic heterocycles. The molecule has 0 bridgehead atoms. The Morgan fingerprint density at radius 3 is 2.69 bits per heavy atom. The number of hydrogen-bond donors (Lipinski definition) is 1. The van der Waals surface area contributed by atoms with Crippen molar-refractivity contribution in [2.24, 2.45) is 0 Å². The van der Waals surface area contributed by atoms with E-state index in [0.717, 1.165) is 34.9 Å². The molecule has 0 spiro atoms. The largest absolute Gasteiger partial charge is 0.385 e. The summed E-state index contributed by atoms with van der Waals surface area (Å²) < 4.78 is 0.977. The van der Waals surface area contributed by atoms with Crippen LogP contribution in [0.25, 0.3) is 0 Å². The summed E-state index contributed by atoms with van der Waals surface area (Å²) in [5, 5.41) is 10.1. The molecule has 1 fully saturated rings. The Bertz CT molecular complexity index is 334. The smallest absolute Gasteiger partial charge is 0.0914 e. The fourth-order valence-corrected chi connectivity index (χ4v) is 2.08. The average Bonchev–Trinajstić information content (AvgIpc) is 2.06. The molecule has 0 unspecified atom stereocenters. The van der Waals surface area contributed by atoms with Gasteiger partial charge >= 0.3 is 0 Å². The Balaban J connectivity index is 2.45. The molecule has 0 radical (unpaired) electrons. The molecule has 3 heteroatoms. The maximum Gasteiger partial charge on any atom is 0.0914 e. The van der Waals surface area contributed by atoms with Crippen molar-refractivity contribution in [1.29, 1.82) is 0 Å². The predicted molar refractivity (Wildman–Crippen MR) is 54.4 cm³/mol. The molecular formula is C10H12BrNO. The summed E-state index contributed by atoms with van der Waals surface area (Å²) in [6.45, 7) is 2.01. The van der Waals surface area contributed by atoms with E-state index in [9.17, 15) is 5.11 Å². The third-order valence-corrected chi connectivity index (χ3v) is 3.64. The highest BCUT2D eigenvalue weighted by molar-refractivity contribution is 9.10. The number of pyridine rings is 1. The second-order valence-electron chi connectivity index (χ2n) is 3.68. The zero-order valence-electron chi connectivity index (χ0n) is 7.55. The monoisotopic (exact) mass is 241 g/mol. The summed E-state index contributed by atoms with van der Waals surface area (Å²) >= 11 is 3.42.